The Morgan fingerprint density at radius 3 is 2.77 bits per heavy atom. The van der Waals surface area contributed by atoms with Crippen LogP contribution in [0.25, 0.3) is 11.0 Å². The number of thioether (sulfide) groups is 1. The number of aromatic nitrogens is 3. The summed E-state index contributed by atoms with van der Waals surface area (Å²) in [4.78, 5) is 42.2. The molecule has 5 rings (SSSR count). The van der Waals surface area contributed by atoms with Gasteiger partial charge in [0.25, 0.3) is 0 Å². The first-order valence-corrected chi connectivity index (χ1v) is 13.1. The fraction of sp³-hybridized carbons (Fsp3) is 0.625. The maximum absolute atomic E-state index is 13.9. The van der Waals surface area contributed by atoms with Crippen molar-refractivity contribution in [2.24, 2.45) is 17.8 Å². The summed E-state index contributed by atoms with van der Waals surface area (Å²) in [6.07, 6.45) is 2.04. The lowest BCUT2D eigenvalue weighted by Crippen LogP contribution is -2.57. The molecule has 3 fully saturated rings. The van der Waals surface area contributed by atoms with E-state index in [0.29, 0.717) is 12.8 Å². The molecule has 188 valence electrons. The number of benzene rings is 1. The number of carbonyl (C=O) groups excluding carboxylic acids is 3. The second kappa shape index (κ2) is 9.09. The molecular formula is C24H32N6O4S. The molecule has 1 aromatic heterocycles. The first-order chi connectivity index (χ1) is 16.8. The van der Waals surface area contributed by atoms with Crippen LogP contribution in [-0.2, 0) is 21.1 Å². The molecule has 35 heavy (non-hydrogen) atoms. The fourth-order valence-electron chi connectivity index (χ4n) is 6.35. The predicted molar refractivity (Wildman–Crippen MR) is 131 cm³/mol. The minimum atomic E-state index is -0.768. The van der Waals surface area contributed by atoms with Crippen LogP contribution < -0.4 is 10.6 Å². The first kappa shape index (κ1) is 24.1. The molecule has 2 unspecified atom stereocenters. The van der Waals surface area contributed by atoms with E-state index >= 15 is 0 Å². The van der Waals surface area contributed by atoms with Crippen LogP contribution in [0.5, 0.6) is 0 Å². The van der Waals surface area contributed by atoms with Gasteiger partial charge < -0.3 is 20.6 Å². The summed E-state index contributed by atoms with van der Waals surface area (Å²) in [7, 11) is 1.59. The van der Waals surface area contributed by atoms with E-state index in [1.165, 1.54) is 0 Å². The van der Waals surface area contributed by atoms with Gasteiger partial charge in [0.2, 0.25) is 17.7 Å². The molecular weight excluding hydrogens is 468 g/mol. The zero-order chi connectivity index (χ0) is 24.9. The van der Waals surface area contributed by atoms with E-state index in [1.807, 2.05) is 38.1 Å². The number of likely N-dealkylation sites (tertiary alicyclic amines) is 1. The molecule has 2 bridgehead atoms. The van der Waals surface area contributed by atoms with Crippen molar-refractivity contribution < 1.29 is 19.5 Å². The number of amides is 3. The Morgan fingerprint density at radius 2 is 2.06 bits per heavy atom. The average molecular weight is 501 g/mol. The quantitative estimate of drug-likeness (QED) is 0.488. The maximum atomic E-state index is 13.9. The summed E-state index contributed by atoms with van der Waals surface area (Å²) in [6, 6.07) is 6.24. The van der Waals surface area contributed by atoms with Gasteiger partial charge in [-0.3, -0.25) is 14.4 Å². The van der Waals surface area contributed by atoms with Crippen LogP contribution in [0.4, 0.5) is 0 Å². The standard InChI is InChI=1S/C24H32N6O4S/c1-13(2)10-14(11-31)30-20(22(33)26-12-29-16-7-5-4-6-15(16)27-28-29)24-9-8-17(35-24)18(21(32)25-3)19(24)23(30)34/h4-7,13-14,17-20,31H,8-12H2,1-3H3,(H,25,32)(H,26,33)/t14-,17+,18-,19+,20?,24?/m1/s1. The zero-order valence-corrected chi connectivity index (χ0v) is 21.0. The largest absolute Gasteiger partial charge is 0.394 e. The van der Waals surface area contributed by atoms with Crippen LogP contribution in [0, 0.1) is 17.8 Å². The highest BCUT2D eigenvalue weighted by Gasteiger charge is 2.74. The molecule has 10 nitrogen and oxygen atoms in total. The smallest absolute Gasteiger partial charge is 0.245 e. The Kier molecular flexibility index (Phi) is 6.25. The van der Waals surface area contributed by atoms with Crippen molar-refractivity contribution in [3.63, 3.8) is 0 Å². The first-order valence-electron chi connectivity index (χ1n) is 12.2. The minimum Gasteiger partial charge on any atom is -0.394 e. The Labute approximate surface area is 208 Å². The van der Waals surface area contributed by atoms with E-state index in [0.717, 1.165) is 17.5 Å². The van der Waals surface area contributed by atoms with Gasteiger partial charge in [-0.15, -0.1) is 16.9 Å². The third-order valence-corrected chi connectivity index (χ3v) is 9.66. The van der Waals surface area contributed by atoms with Crippen LogP contribution in [0.2, 0.25) is 0 Å². The van der Waals surface area contributed by atoms with Gasteiger partial charge in [0, 0.05) is 12.3 Å². The van der Waals surface area contributed by atoms with Gasteiger partial charge in [-0.25, -0.2) is 4.68 Å². The molecule has 3 saturated heterocycles. The maximum Gasteiger partial charge on any atom is 0.245 e. The van der Waals surface area contributed by atoms with Crippen molar-refractivity contribution in [2.45, 2.75) is 61.9 Å². The van der Waals surface area contributed by atoms with Crippen molar-refractivity contribution in [1.82, 2.24) is 30.5 Å². The van der Waals surface area contributed by atoms with Crippen molar-refractivity contribution in [3.8, 4) is 0 Å². The van der Waals surface area contributed by atoms with Gasteiger partial charge >= 0.3 is 0 Å². The number of hydrogen-bond donors (Lipinski definition) is 3. The summed E-state index contributed by atoms with van der Waals surface area (Å²) in [5, 5.41) is 24.3. The summed E-state index contributed by atoms with van der Waals surface area (Å²) >= 11 is 1.62. The summed E-state index contributed by atoms with van der Waals surface area (Å²) in [6.45, 7) is 3.93. The van der Waals surface area contributed by atoms with E-state index in [4.69, 9.17) is 0 Å². The Balaban J connectivity index is 1.48. The molecule has 1 aromatic carbocycles. The number of hydrogen-bond acceptors (Lipinski definition) is 7. The van der Waals surface area contributed by atoms with E-state index < -0.39 is 28.7 Å². The van der Waals surface area contributed by atoms with Crippen molar-refractivity contribution in [2.75, 3.05) is 13.7 Å². The second-order valence-electron chi connectivity index (χ2n) is 10.2. The third kappa shape index (κ3) is 3.70. The van der Waals surface area contributed by atoms with E-state index in [9.17, 15) is 19.5 Å². The zero-order valence-electron chi connectivity index (χ0n) is 20.2. The number of aliphatic hydroxyl groups excluding tert-OH is 1. The number of aliphatic hydroxyl groups is 1. The van der Waals surface area contributed by atoms with Crippen LogP contribution in [-0.4, -0.2) is 78.5 Å². The summed E-state index contributed by atoms with van der Waals surface area (Å²) in [5.41, 5.74) is 1.53. The molecule has 1 spiro atoms. The van der Waals surface area contributed by atoms with Crippen LogP contribution in [0.15, 0.2) is 24.3 Å². The topological polar surface area (TPSA) is 129 Å². The molecule has 0 saturated carbocycles. The van der Waals surface area contributed by atoms with Gasteiger partial charge in [0.05, 0.1) is 34.7 Å². The van der Waals surface area contributed by atoms with E-state index in [1.54, 1.807) is 28.4 Å². The lowest BCUT2D eigenvalue weighted by atomic mass is 9.71. The Hall–Kier alpha value is -2.66. The fourth-order valence-corrected chi connectivity index (χ4v) is 8.56. The number of fused-ring (bicyclic) bond motifs is 2. The van der Waals surface area contributed by atoms with Gasteiger partial charge in [0.15, 0.2) is 0 Å². The van der Waals surface area contributed by atoms with Crippen LogP contribution in [0.1, 0.15) is 33.1 Å². The lowest BCUT2D eigenvalue weighted by molar-refractivity contribution is -0.143. The number of nitrogens with one attached hydrogen (secondary N) is 2. The van der Waals surface area contributed by atoms with Gasteiger partial charge in [-0.2, -0.15) is 0 Å². The predicted octanol–water partition coefficient (Wildman–Crippen LogP) is 0.749. The average Bonchev–Trinajstić information content (AvgIpc) is 3.59. The SMILES string of the molecule is CNC(=O)[C@@H]1[C@@H]2CCC3(S2)C(C(=O)NCn2nnc4ccccc42)N([C@@H](CO)CC(C)C)C(=O)[C@H]13. The Bertz CT molecular complexity index is 1150. The van der Waals surface area contributed by atoms with E-state index in [2.05, 4.69) is 20.9 Å². The molecule has 3 amide bonds. The highest BCUT2D eigenvalue weighted by molar-refractivity contribution is 8.02. The van der Waals surface area contributed by atoms with Crippen molar-refractivity contribution in [3.05, 3.63) is 24.3 Å². The van der Waals surface area contributed by atoms with Crippen molar-refractivity contribution >= 4 is 40.5 Å². The van der Waals surface area contributed by atoms with Crippen molar-refractivity contribution in [1.29, 1.82) is 0 Å². The normalized spacial score (nSPS) is 30.2. The molecule has 3 aliphatic heterocycles. The molecule has 0 aliphatic carbocycles. The molecule has 2 aromatic rings. The van der Waals surface area contributed by atoms with Crippen LogP contribution in [0.3, 0.4) is 0 Å². The number of rotatable bonds is 8. The molecule has 6 atom stereocenters. The molecule has 3 N–H and O–H groups in total. The molecule has 4 heterocycles. The van der Waals surface area contributed by atoms with E-state index in [-0.39, 0.29) is 42.2 Å². The third-order valence-electron chi connectivity index (χ3n) is 7.71. The minimum absolute atomic E-state index is 0.0123. The highest BCUT2D eigenvalue weighted by atomic mass is 32.2. The Morgan fingerprint density at radius 1 is 1.29 bits per heavy atom. The van der Waals surface area contributed by atoms with Gasteiger partial charge in [0.1, 0.15) is 18.2 Å². The number of para-hydroxylation sites is 1. The highest BCUT2D eigenvalue weighted by Crippen LogP contribution is 2.66. The number of carbonyl (C=O) groups is 3. The lowest BCUT2D eigenvalue weighted by Gasteiger charge is -2.37. The van der Waals surface area contributed by atoms with Crippen LogP contribution >= 0.6 is 11.8 Å². The van der Waals surface area contributed by atoms with Gasteiger partial charge in [-0.05, 0) is 37.3 Å². The summed E-state index contributed by atoms with van der Waals surface area (Å²) < 4.78 is 0.936. The number of nitrogens with zero attached hydrogens (tertiary/aromatic N) is 4. The molecule has 0 radical (unpaired) electrons. The second-order valence-corrected chi connectivity index (χ2v) is 11.8. The summed E-state index contributed by atoms with van der Waals surface area (Å²) in [5.74, 6) is -1.45. The molecule has 3 aliphatic rings. The van der Waals surface area contributed by atoms with Gasteiger partial charge in [-0.1, -0.05) is 31.2 Å². The molecule has 11 heteroatoms. The monoisotopic (exact) mass is 500 g/mol.